The summed E-state index contributed by atoms with van der Waals surface area (Å²) in [6.07, 6.45) is -0.0153. The van der Waals surface area contributed by atoms with Gasteiger partial charge in [-0.3, -0.25) is 4.79 Å². The van der Waals surface area contributed by atoms with Gasteiger partial charge in [0.25, 0.3) is 0 Å². The number of hydrogen-bond acceptors (Lipinski definition) is 4. The Morgan fingerprint density at radius 3 is 2.60 bits per heavy atom. The molecule has 5 nitrogen and oxygen atoms in total. The number of hydrogen-bond donors (Lipinski definition) is 0. The van der Waals surface area contributed by atoms with Gasteiger partial charge in [-0.25, -0.2) is 8.42 Å². The number of rotatable bonds is 4. The number of amides is 1. The molecule has 0 aliphatic carbocycles. The highest BCUT2D eigenvalue weighted by Crippen LogP contribution is 2.32. The van der Waals surface area contributed by atoms with E-state index in [-0.39, 0.29) is 41.4 Å². The second-order valence-corrected chi connectivity index (χ2v) is 9.84. The summed E-state index contributed by atoms with van der Waals surface area (Å²) in [7, 11) is -3.13. The number of fused-ring (bicyclic) bond motifs is 1. The van der Waals surface area contributed by atoms with Crippen LogP contribution in [0.2, 0.25) is 5.02 Å². The van der Waals surface area contributed by atoms with Crippen molar-refractivity contribution >= 4 is 27.3 Å². The highest BCUT2D eigenvalue weighted by Gasteiger charge is 2.45. The van der Waals surface area contributed by atoms with E-state index in [4.69, 9.17) is 16.3 Å². The van der Waals surface area contributed by atoms with Crippen molar-refractivity contribution in [2.75, 3.05) is 24.7 Å². The number of sulfone groups is 1. The van der Waals surface area contributed by atoms with Gasteiger partial charge in [0.05, 0.1) is 30.3 Å². The summed E-state index contributed by atoms with van der Waals surface area (Å²) in [6.45, 7) is 5.04. The number of carbonyl (C=O) groups is 1. The minimum atomic E-state index is -3.13. The molecule has 3 atom stereocenters. The minimum absolute atomic E-state index is 0.00375. The Morgan fingerprint density at radius 2 is 1.96 bits per heavy atom. The number of carbonyl (C=O) groups excluding carboxylic acids is 1. The van der Waals surface area contributed by atoms with Gasteiger partial charge in [0.2, 0.25) is 5.91 Å². The van der Waals surface area contributed by atoms with Gasteiger partial charge in [0.1, 0.15) is 0 Å². The Bertz CT molecular complexity index is 732. The fourth-order valence-electron chi connectivity index (χ4n) is 3.78. The van der Waals surface area contributed by atoms with Crippen molar-refractivity contribution < 1.29 is 17.9 Å². The zero-order chi connectivity index (χ0) is 18.2. The number of benzene rings is 1. The molecule has 138 valence electrons. The smallest absolute Gasteiger partial charge is 0.223 e. The summed E-state index contributed by atoms with van der Waals surface area (Å²) >= 11 is 5.97. The summed E-state index contributed by atoms with van der Waals surface area (Å²) in [5, 5.41) is 0.671. The summed E-state index contributed by atoms with van der Waals surface area (Å²) in [5.74, 6) is 0.394. The van der Waals surface area contributed by atoms with Crippen molar-refractivity contribution in [2.45, 2.75) is 38.3 Å². The molecule has 0 bridgehead atoms. The van der Waals surface area contributed by atoms with Crippen LogP contribution in [-0.4, -0.2) is 56.0 Å². The lowest BCUT2D eigenvalue weighted by atomic mass is 9.85. The first kappa shape index (κ1) is 18.7. The molecule has 0 radical (unpaired) electrons. The van der Waals surface area contributed by atoms with E-state index < -0.39 is 9.84 Å². The molecule has 0 N–H and O–H groups in total. The van der Waals surface area contributed by atoms with Gasteiger partial charge in [-0.2, -0.15) is 0 Å². The standard InChI is InChI=1S/C18H24ClNO4S/c1-12(2)15(13-3-5-14(19)6-4-13)9-18(21)20-7-8-24-17-11-25(22,23)10-16(17)20/h3-6,12,15-17H,7-11H2,1-2H3. The van der Waals surface area contributed by atoms with Crippen molar-refractivity contribution in [1.82, 2.24) is 4.90 Å². The molecule has 2 heterocycles. The molecule has 7 heteroatoms. The van der Waals surface area contributed by atoms with Gasteiger partial charge in [-0.1, -0.05) is 37.6 Å². The maximum Gasteiger partial charge on any atom is 0.223 e. The SMILES string of the molecule is CC(C)C(CC(=O)N1CCOC2CS(=O)(=O)CC21)c1ccc(Cl)cc1. The fourth-order valence-corrected chi connectivity index (χ4v) is 5.77. The third kappa shape index (κ3) is 4.18. The lowest BCUT2D eigenvalue weighted by Gasteiger charge is -2.37. The molecule has 0 spiro atoms. The van der Waals surface area contributed by atoms with Crippen molar-refractivity contribution in [2.24, 2.45) is 5.92 Å². The predicted molar refractivity (Wildman–Crippen MR) is 97.5 cm³/mol. The minimum Gasteiger partial charge on any atom is -0.373 e. The Morgan fingerprint density at radius 1 is 1.28 bits per heavy atom. The summed E-state index contributed by atoms with van der Waals surface area (Å²) in [5.41, 5.74) is 1.08. The first-order valence-electron chi connectivity index (χ1n) is 8.64. The molecule has 2 saturated heterocycles. The van der Waals surface area contributed by atoms with Crippen LogP contribution in [0, 0.1) is 5.92 Å². The molecule has 2 fully saturated rings. The maximum atomic E-state index is 13.0. The van der Waals surface area contributed by atoms with Gasteiger partial charge in [-0.15, -0.1) is 0 Å². The van der Waals surface area contributed by atoms with Crippen LogP contribution in [0.4, 0.5) is 0 Å². The summed E-state index contributed by atoms with van der Waals surface area (Å²) in [4.78, 5) is 14.7. The molecule has 25 heavy (non-hydrogen) atoms. The Hall–Kier alpha value is -1.11. The van der Waals surface area contributed by atoms with Crippen LogP contribution in [0.25, 0.3) is 0 Å². The largest absolute Gasteiger partial charge is 0.373 e. The zero-order valence-corrected chi connectivity index (χ0v) is 16.1. The highest BCUT2D eigenvalue weighted by atomic mass is 35.5. The molecule has 1 aromatic rings. The molecule has 2 aliphatic rings. The average Bonchev–Trinajstić information content (AvgIpc) is 2.86. The quantitative estimate of drug-likeness (QED) is 0.798. The molecule has 1 aromatic carbocycles. The normalized spacial score (nSPS) is 26.5. The maximum absolute atomic E-state index is 13.0. The highest BCUT2D eigenvalue weighted by molar-refractivity contribution is 7.91. The van der Waals surface area contributed by atoms with Gasteiger partial charge in [0, 0.05) is 18.0 Å². The van der Waals surface area contributed by atoms with E-state index in [0.29, 0.717) is 24.6 Å². The molecule has 3 unspecified atom stereocenters. The van der Waals surface area contributed by atoms with Gasteiger partial charge in [0.15, 0.2) is 9.84 Å². The Labute approximate surface area is 154 Å². The third-order valence-electron chi connectivity index (χ3n) is 5.15. The molecule has 2 aliphatic heterocycles. The van der Waals surface area contributed by atoms with Crippen molar-refractivity contribution in [1.29, 1.82) is 0 Å². The lowest BCUT2D eigenvalue weighted by Crippen LogP contribution is -2.53. The summed E-state index contributed by atoms with van der Waals surface area (Å²) in [6, 6.07) is 7.25. The first-order valence-corrected chi connectivity index (χ1v) is 10.8. The Balaban J connectivity index is 1.76. The Kier molecular flexibility index (Phi) is 5.42. The molecule has 0 aromatic heterocycles. The molecule has 1 amide bonds. The second kappa shape index (κ2) is 7.25. The number of ether oxygens (including phenoxy) is 1. The van der Waals surface area contributed by atoms with E-state index in [9.17, 15) is 13.2 Å². The van der Waals surface area contributed by atoms with Crippen LogP contribution in [0.3, 0.4) is 0 Å². The number of halogens is 1. The second-order valence-electron chi connectivity index (χ2n) is 7.25. The van der Waals surface area contributed by atoms with E-state index in [0.717, 1.165) is 5.56 Å². The zero-order valence-electron chi connectivity index (χ0n) is 14.5. The van der Waals surface area contributed by atoms with E-state index >= 15 is 0 Å². The number of morpholine rings is 1. The van der Waals surface area contributed by atoms with Crippen molar-refractivity contribution in [3.8, 4) is 0 Å². The van der Waals surface area contributed by atoms with Crippen LogP contribution in [-0.2, 0) is 19.4 Å². The predicted octanol–water partition coefficient (Wildman–Crippen LogP) is 2.49. The fraction of sp³-hybridized carbons (Fsp3) is 0.611. The topological polar surface area (TPSA) is 63.7 Å². The van der Waals surface area contributed by atoms with Crippen LogP contribution in [0.15, 0.2) is 24.3 Å². The van der Waals surface area contributed by atoms with E-state index in [2.05, 4.69) is 13.8 Å². The molecular weight excluding hydrogens is 362 g/mol. The number of nitrogens with zero attached hydrogens (tertiary/aromatic N) is 1. The first-order chi connectivity index (χ1) is 11.8. The molecule has 3 rings (SSSR count). The van der Waals surface area contributed by atoms with Crippen LogP contribution < -0.4 is 0 Å². The van der Waals surface area contributed by atoms with Gasteiger partial charge >= 0.3 is 0 Å². The van der Waals surface area contributed by atoms with Gasteiger partial charge in [-0.05, 0) is 29.5 Å². The van der Waals surface area contributed by atoms with Gasteiger partial charge < -0.3 is 9.64 Å². The van der Waals surface area contributed by atoms with Crippen LogP contribution >= 0.6 is 11.6 Å². The van der Waals surface area contributed by atoms with Crippen molar-refractivity contribution in [3.63, 3.8) is 0 Å². The van der Waals surface area contributed by atoms with Crippen LogP contribution in [0.1, 0.15) is 31.7 Å². The van der Waals surface area contributed by atoms with E-state index in [1.165, 1.54) is 0 Å². The summed E-state index contributed by atoms with van der Waals surface area (Å²) < 4.78 is 29.4. The van der Waals surface area contributed by atoms with Crippen LogP contribution in [0.5, 0.6) is 0 Å². The third-order valence-corrected chi connectivity index (χ3v) is 7.09. The molecule has 0 saturated carbocycles. The van der Waals surface area contributed by atoms with Crippen molar-refractivity contribution in [3.05, 3.63) is 34.9 Å². The molecular formula is C18H24ClNO4S. The van der Waals surface area contributed by atoms with E-state index in [1.807, 2.05) is 24.3 Å². The monoisotopic (exact) mass is 385 g/mol. The average molecular weight is 386 g/mol. The lowest BCUT2D eigenvalue weighted by molar-refractivity contribution is -0.143. The van der Waals surface area contributed by atoms with E-state index in [1.54, 1.807) is 4.90 Å².